The zero-order valence-corrected chi connectivity index (χ0v) is 14.7. The molecule has 2 heteroatoms. The molecule has 1 heterocycles. The summed E-state index contributed by atoms with van der Waals surface area (Å²) in [4.78, 5) is 2.42. The molecular formula is C22H21FS. The van der Waals surface area contributed by atoms with E-state index < -0.39 is 0 Å². The van der Waals surface area contributed by atoms with Crippen LogP contribution in [0, 0.1) is 18.7 Å². The van der Waals surface area contributed by atoms with Crippen LogP contribution in [0.1, 0.15) is 29.7 Å². The average Bonchev–Trinajstić information content (AvgIpc) is 3.00. The fourth-order valence-electron chi connectivity index (χ4n) is 3.25. The fourth-order valence-corrected chi connectivity index (χ4v) is 4.40. The second-order valence-corrected chi connectivity index (χ2v) is 8.00. The Kier molecular flexibility index (Phi) is 4.24. The van der Waals surface area contributed by atoms with Crippen LogP contribution in [0.15, 0.2) is 54.6 Å². The first-order chi connectivity index (χ1) is 11.7. The molecule has 0 amide bonds. The van der Waals surface area contributed by atoms with Crippen molar-refractivity contribution in [3.05, 3.63) is 70.9 Å². The molecule has 0 saturated heterocycles. The molecule has 2 aromatic carbocycles. The Balaban J connectivity index is 1.58. The lowest BCUT2D eigenvalue weighted by Gasteiger charge is -2.24. The van der Waals surface area contributed by atoms with Crippen LogP contribution in [-0.4, -0.2) is 0 Å². The third-order valence-electron chi connectivity index (χ3n) is 5.00. The smallest absolute Gasteiger partial charge is 0.132 e. The van der Waals surface area contributed by atoms with Gasteiger partial charge in [-0.2, -0.15) is 0 Å². The van der Waals surface area contributed by atoms with Gasteiger partial charge in [0.1, 0.15) is 5.82 Å². The summed E-state index contributed by atoms with van der Waals surface area (Å²) in [5, 5.41) is 0. The fraction of sp³-hybridized carbons (Fsp3) is 0.273. The lowest BCUT2D eigenvalue weighted by Crippen LogP contribution is -2.12. The molecule has 0 spiro atoms. The molecule has 1 saturated carbocycles. The molecule has 0 nitrogen and oxygen atoms in total. The summed E-state index contributed by atoms with van der Waals surface area (Å²) in [6.45, 7) is 2.06. The Labute approximate surface area is 147 Å². The molecule has 24 heavy (non-hydrogen) atoms. The van der Waals surface area contributed by atoms with Gasteiger partial charge in [0.15, 0.2) is 0 Å². The molecule has 3 aromatic rings. The Morgan fingerprint density at radius 2 is 1.71 bits per heavy atom. The molecular weight excluding hydrogens is 315 g/mol. The molecule has 0 radical (unpaired) electrons. The highest BCUT2D eigenvalue weighted by molar-refractivity contribution is 7.15. The third kappa shape index (κ3) is 3.16. The molecule has 0 aliphatic heterocycles. The first-order valence-corrected chi connectivity index (χ1v) is 9.46. The lowest BCUT2D eigenvalue weighted by atomic mass is 9.83. The minimum Gasteiger partial charge on any atom is -0.206 e. The molecule has 4 rings (SSSR count). The second-order valence-electron chi connectivity index (χ2n) is 6.83. The van der Waals surface area contributed by atoms with Crippen molar-refractivity contribution in [3.63, 3.8) is 0 Å². The van der Waals surface area contributed by atoms with E-state index in [0.29, 0.717) is 0 Å². The lowest BCUT2D eigenvalue weighted by molar-refractivity contribution is 0.316. The van der Waals surface area contributed by atoms with E-state index in [9.17, 15) is 4.39 Å². The predicted molar refractivity (Wildman–Crippen MR) is 101 cm³/mol. The van der Waals surface area contributed by atoms with Gasteiger partial charge in [-0.3, -0.25) is 0 Å². The Morgan fingerprint density at radius 3 is 2.38 bits per heavy atom. The zero-order chi connectivity index (χ0) is 16.5. The molecule has 0 bridgehead atoms. The van der Waals surface area contributed by atoms with Crippen LogP contribution in [0.4, 0.5) is 4.39 Å². The monoisotopic (exact) mass is 336 g/mol. The number of hydrogen-bond acceptors (Lipinski definition) is 1. The first-order valence-electron chi connectivity index (χ1n) is 8.65. The van der Waals surface area contributed by atoms with Crippen LogP contribution in [-0.2, 0) is 6.42 Å². The van der Waals surface area contributed by atoms with Crippen LogP contribution < -0.4 is 0 Å². The molecule has 0 atom stereocenters. The minimum atomic E-state index is -0.134. The molecule has 0 unspecified atom stereocenters. The zero-order valence-electron chi connectivity index (χ0n) is 13.9. The van der Waals surface area contributed by atoms with E-state index in [-0.39, 0.29) is 5.82 Å². The summed E-state index contributed by atoms with van der Waals surface area (Å²) in [6.07, 6.45) is 5.24. The largest absolute Gasteiger partial charge is 0.206 e. The Bertz CT molecular complexity index is 841. The molecule has 0 N–H and O–H groups in total. The quantitative estimate of drug-likeness (QED) is 0.487. The van der Waals surface area contributed by atoms with E-state index in [0.717, 1.165) is 33.9 Å². The highest BCUT2D eigenvalue weighted by Gasteiger charge is 2.19. The third-order valence-corrected chi connectivity index (χ3v) is 6.14. The standard InChI is InChI=1S/C22H21FS/c1-15-5-7-17(8-6-15)18-9-11-20(21(23)14-18)22-12-10-19(24-22)13-16-3-2-4-16/h5-12,14,16H,2-4,13H2,1H3. The first kappa shape index (κ1) is 15.6. The molecule has 1 aliphatic carbocycles. The summed E-state index contributed by atoms with van der Waals surface area (Å²) in [7, 11) is 0. The van der Waals surface area contributed by atoms with Gasteiger partial charge < -0.3 is 0 Å². The van der Waals surface area contributed by atoms with E-state index in [1.54, 1.807) is 17.4 Å². The van der Waals surface area contributed by atoms with Gasteiger partial charge in [-0.1, -0.05) is 55.2 Å². The normalized spacial score (nSPS) is 14.6. The maximum Gasteiger partial charge on any atom is 0.132 e. The van der Waals surface area contributed by atoms with E-state index in [1.165, 1.54) is 29.7 Å². The Morgan fingerprint density at radius 1 is 0.958 bits per heavy atom. The Hall–Kier alpha value is -1.93. The van der Waals surface area contributed by atoms with Crippen molar-refractivity contribution in [3.8, 4) is 21.6 Å². The maximum absolute atomic E-state index is 14.7. The van der Waals surface area contributed by atoms with Crippen molar-refractivity contribution in [2.75, 3.05) is 0 Å². The van der Waals surface area contributed by atoms with Crippen LogP contribution in [0.5, 0.6) is 0 Å². The van der Waals surface area contributed by atoms with Crippen molar-refractivity contribution in [1.29, 1.82) is 0 Å². The summed E-state index contributed by atoms with van der Waals surface area (Å²) in [5.41, 5.74) is 3.93. The van der Waals surface area contributed by atoms with Crippen molar-refractivity contribution < 1.29 is 4.39 Å². The maximum atomic E-state index is 14.7. The van der Waals surface area contributed by atoms with Crippen LogP contribution >= 0.6 is 11.3 Å². The van der Waals surface area contributed by atoms with Gasteiger partial charge in [-0.05, 0) is 54.7 Å². The van der Waals surface area contributed by atoms with Crippen LogP contribution in [0.25, 0.3) is 21.6 Å². The van der Waals surface area contributed by atoms with Crippen LogP contribution in [0.3, 0.4) is 0 Å². The van der Waals surface area contributed by atoms with Gasteiger partial charge in [0.2, 0.25) is 0 Å². The molecule has 1 aromatic heterocycles. The molecule has 1 aliphatic rings. The summed E-state index contributed by atoms with van der Waals surface area (Å²) < 4.78 is 14.7. The van der Waals surface area contributed by atoms with Gasteiger partial charge in [-0.25, -0.2) is 4.39 Å². The number of thiophene rings is 1. The van der Waals surface area contributed by atoms with E-state index >= 15 is 0 Å². The molecule has 122 valence electrons. The van der Waals surface area contributed by atoms with Crippen LogP contribution in [0.2, 0.25) is 0 Å². The number of hydrogen-bond donors (Lipinski definition) is 0. The summed E-state index contributed by atoms with van der Waals surface area (Å²) in [5.74, 6) is 0.718. The predicted octanol–water partition coefficient (Wildman–Crippen LogP) is 6.87. The van der Waals surface area contributed by atoms with Crippen molar-refractivity contribution in [2.24, 2.45) is 5.92 Å². The van der Waals surface area contributed by atoms with Gasteiger partial charge in [0, 0.05) is 15.3 Å². The molecule has 1 fully saturated rings. The number of halogens is 1. The topological polar surface area (TPSA) is 0 Å². The van der Waals surface area contributed by atoms with Crippen molar-refractivity contribution in [1.82, 2.24) is 0 Å². The van der Waals surface area contributed by atoms with Gasteiger partial charge in [0.05, 0.1) is 0 Å². The van der Waals surface area contributed by atoms with E-state index in [1.807, 2.05) is 24.3 Å². The van der Waals surface area contributed by atoms with Gasteiger partial charge >= 0.3 is 0 Å². The van der Waals surface area contributed by atoms with Crippen molar-refractivity contribution >= 4 is 11.3 Å². The average molecular weight is 336 g/mol. The van der Waals surface area contributed by atoms with Gasteiger partial charge in [-0.15, -0.1) is 11.3 Å². The number of aryl methyl sites for hydroxylation is 1. The highest BCUT2D eigenvalue weighted by Crippen LogP contribution is 2.36. The number of benzene rings is 2. The van der Waals surface area contributed by atoms with Gasteiger partial charge in [0.25, 0.3) is 0 Å². The van der Waals surface area contributed by atoms with Crippen molar-refractivity contribution in [2.45, 2.75) is 32.6 Å². The SMILES string of the molecule is Cc1ccc(-c2ccc(-c3ccc(CC4CCC4)s3)c(F)c2)cc1. The minimum absolute atomic E-state index is 0.134. The second kappa shape index (κ2) is 6.52. The number of rotatable bonds is 4. The summed E-state index contributed by atoms with van der Waals surface area (Å²) >= 11 is 1.74. The highest BCUT2D eigenvalue weighted by atomic mass is 32.1. The summed E-state index contributed by atoms with van der Waals surface area (Å²) in [6, 6.07) is 18.1. The van der Waals surface area contributed by atoms with E-state index in [4.69, 9.17) is 0 Å². The van der Waals surface area contributed by atoms with E-state index in [2.05, 4.69) is 31.2 Å².